The fraction of sp³-hybridized carbons (Fsp3) is 0.357. The molecule has 6 nitrogen and oxygen atoms in total. The predicted octanol–water partition coefficient (Wildman–Crippen LogP) is 4.56. The summed E-state index contributed by atoms with van der Waals surface area (Å²) in [5.74, 6) is -1.08. The van der Waals surface area contributed by atoms with Gasteiger partial charge >= 0.3 is 5.97 Å². The van der Waals surface area contributed by atoms with Crippen molar-refractivity contribution < 1.29 is 19.4 Å². The molecule has 1 aliphatic rings. The number of aliphatic carboxylic acids is 1. The highest BCUT2D eigenvalue weighted by atomic mass is 16.5. The fourth-order valence-electron chi connectivity index (χ4n) is 5.24. The number of nitrogens with zero attached hydrogens (tertiary/aromatic N) is 2. The van der Waals surface area contributed by atoms with Crippen molar-refractivity contribution in [2.24, 2.45) is 5.92 Å². The first-order valence-corrected chi connectivity index (χ1v) is 11.8. The Morgan fingerprint density at radius 1 is 1.06 bits per heavy atom. The summed E-state index contributed by atoms with van der Waals surface area (Å²) in [6.07, 6.45) is 0.876. The molecular weight excluding hydrogens is 428 g/mol. The molecule has 0 aliphatic carbocycles. The zero-order chi connectivity index (χ0) is 24.2. The van der Waals surface area contributed by atoms with E-state index in [0.29, 0.717) is 18.8 Å². The third-order valence-electron chi connectivity index (χ3n) is 6.89. The minimum absolute atomic E-state index is 0.00284. The van der Waals surface area contributed by atoms with Gasteiger partial charge in [0.05, 0.1) is 19.6 Å². The average Bonchev–Trinajstić information content (AvgIpc) is 3.23. The molecule has 0 unspecified atom stereocenters. The highest BCUT2D eigenvalue weighted by Crippen LogP contribution is 2.47. The SMILES string of the molecule is CCCN(C)C(=O)CN1C[C@@H](c2cccc3ccccc23)[C@H](C(=O)O)[C@H]1c1ccc(OC)cc1. The molecule has 0 aromatic heterocycles. The minimum atomic E-state index is -0.851. The summed E-state index contributed by atoms with van der Waals surface area (Å²) in [5.41, 5.74) is 1.89. The van der Waals surface area contributed by atoms with Crippen LogP contribution in [-0.2, 0) is 9.59 Å². The molecule has 0 radical (unpaired) electrons. The van der Waals surface area contributed by atoms with E-state index in [0.717, 1.165) is 28.3 Å². The Morgan fingerprint density at radius 2 is 1.76 bits per heavy atom. The van der Waals surface area contributed by atoms with E-state index in [2.05, 4.69) is 6.07 Å². The van der Waals surface area contributed by atoms with E-state index in [1.54, 1.807) is 19.1 Å². The molecule has 178 valence electrons. The van der Waals surface area contributed by atoms with E-state index in [4.69, 9.17) is 4.74 Å². The lowest BCUT2D eigenvalue weighted by Crippen LogP contribution is -2.39. The van der Waals surface area contributed by atoms with Crippen LogP contribution in [0.1, 0.15) is 36.4 Å². The minimum Gasteiger partial charge on any atom is -0.497 e. The van der Waals surface area contributed by atoms with Gasteiger partial charge in [-0.05, 0) is 40.5 Å². The molecule has 34 heavy (non-hydrogen) atoms. The van der Waals surface area contributed by atoms with Crippen molar-refractivity contribution in [1.82, 2.24) is 9.80 Å². The molecule has 3 aromatic rings. The van der Waals surface area contributed by atoms with Crippen molar-refractivity contribution >= 4 is 22.6 Å². The molecule has 1 N–H and O–H groups in total. The topological polar surface area (TPSA) is 70.1 Å². The number of benzene rings is 3. The Balaban J connectivity index is 1.78. The van der Waals surface area contributed by atoms with Gasteiger partial charge < -0.3 is 14.7 Å². The smallest absolute Gasteiger partial charge is 0.309 e. The largest absolute Gasteiger partial charge is 0.497 e. The second-order valence-electron chi connectivity index (χ2n) is 9.00. The Bertz CT molecular complexity index is 1160. The second-order valence-corrected chi connectivity index (χ2v) is 9.00. The number of carbonyl (C=O) groups is 2. The quantitative estimate of drug-likeness (QED) is 0.534. The van der Waals surface area contributed by atoms with E-state index in [1.165, 1.54) is 0 Å². The van der Waals surface area contributed by atoms with Gasteiger partial charge in [-0.2, -0.15) is 0 Å². The van der Waals surface area contributed by atoms with Crippen LogP contribution >= 0.6 is 0 Å². The maximum absolute atomic E-state index is 13.0. The van der Waals surface area contributed by atoms with Gasteiger partial charge in [0.15, 0.2) is 0 Å². The number of rotatable bonds is 8. The van der Waals surface area contributed by atoms with E-state index in [9.17, 15) is 14.7 Å². The lowest BCUT2D eigenvalue weighted by molar-refractivity contribution is -0.143. The van der Waals surface area contributed by atoms with Crippen molar-refractivity contribution in [2.45, 2.75) is 25.3 Å². The van der Waals surface area contributed by atoms with Crippen LogP contribution in [0.15, 0.2) is 66.7 Å². The zero-order valence-corrected chi connectivity index (χ0v) is 20.0. The first kappa shape index (κ1) is 23.8. The monoisotopic (exact) mass is 460 g/mol. The second kappa shape index (κ2) is 10.3. The van der Waals surface area contributed by atoms with Gasteiger partial charge in [0.25, 0.3) is 0 Å². The first-order valence-electron chi connectivity index (χ1n) is 11.8. The van der Waals surface area contributed by atoms with Crippen molar-refractivity contribution in [3.8, 4) is 5.75 Å². The summed E-state index contributed by atoms with van der Waals surface area (Å²) < 4.78 is 5.30. The number of likely N-dealkylation sites (N-methyl/N-ethyl adjacent to an activating group) is 1. The van der Waals surface area contributed by atoms with Gasteiger partial charge in [-0.3, -0.25) is 14.5 Å². The number of likely N-dealkylation sites (tertiary alicyclic amines) is 1. The third kappa shape index (κ3) is 4.64. The zero-order valence-electron chi connectivity index (χ0n) is 20.0. The van der Waals surface area contributed by atoms with Crippen LogP contribution in [-0.4, -0.2) is 60.6 Å². The summed E-state index contributed by atoms with van der Waals surface area (Å²) in [7, 11) is 3.41. The summed E-state index contributed by atoms with van der Waals surface area (Å²) in [5, 5.41) is 12.6. The van der Waals surface area contributed by atoms with Crippen LogP contribution in [0.5, 0.6) is 5.75 Å². The number of hydrogen-bond acceptors (Lipinski definition) is 4. The Morgan fingerprint density at radius 3 is 2.44 bits per heavy atom. The maximum atomic E-state index is 13.0. The van der Waals surface area contributed by atoms with Gasteiger partial charge in [-0.25, -0.2) is 0 Å². The summed E-state index contributed by atoms with van der Waals surface area (Å²) in [6, 6.07) is 21.2. The molecule has 3 atom stereocenters. The van der Waals surface area contributed by atoms with Crippen LogP contribution in [0.25, 0.3) is 10.8 Å². The Kier molecular flexibility index (Phi) is 7.17. The maximum Gasteiger partial charge on any atom is 0.309 e. The van der Waals surface area contributed by atoms with Crippen molar-refractivity contribution in [1.29, 1.82) is 0 Å². The standard InChI is InChI=1S/C28H32N2O4/c1-4-16-29(2)25(31)18-30-17-24(23-11-7-9-19-8-5-6-10-22(19)23)26(28(32)33)27(30)20-12-14-21(34-3)15-13-20/h5-15,24,26-27H,4,16-18H2,1-3H3,(H,32,33)/t24-,26-,27+/m0/s1. The molecule has 1 amide bonds. The molecule has 1 fully saturated rings. The van der Waals surface area contributed by atoms with E-state index >= 15 is 0 Å². The predicted molar refractivity (Wildman–Crippen MR) is 133 cm³/mol. The molecule has 3 aromatic carbocycles. The Hall–Kier alpha value is -3.38. The molecule has 1 heterocycles. The molecule has 0 saturated carbocycles. The van der Waals surface area contributed by atoms with E-state index in [-0.39, 0.29) is 18.4 Å². The number of carboxylic acids is 1. The molecule has 0 bridgehead atoms. The molecule has 0 spiro atoms. The van der Waals surface area contributed by atoms with Crippen LogP contribution in [0.2, 0.25) is 0 Å². The molecule has 6 heteroatoms. The number of ether oxygens (including phenoxy) is 1. The lowest BCUT2D eigenvalue weighted by atomic mass is 9.81. The summed E-state index contributed by atoms with van der Waals surface area (Å²) in [4.78, 5) is 29.5. The van der Waals surface area contributed by atoms with Crippen LogP contribution < -0.4 is 4.74 Å². The van der Waals surface area contributed by atoms with Gasteiger partial charge in [0.1, 0.15) is 5.75 Å². The summed E-state index contributed by atoms with van der Waals surface area (Å²) >= 11 is 0. The lowest BCUT2D eigenvalue weighted by Gasteiger charge is -2.28. The molecule has 1 saturated heterocycles. The van der Waals surface area contributed by atoms with Crippen LogP contribution in [0.4, 0.5) is 0 Å². The van der Waals surface area contributed by atoms with Gasteiger partial charge in [-0.1, -0.05) is 61.5 Å². The molecule has 1 aliphatic heterocycles. The highest BCUT2D eigenvalue weighted by Gasteiger charge is 2.48. The highest BCUT2D eigenvalue weighted by molar-refractivity contribution is 5.87. The first-order chi connectivity index (χ1) is 16.4. The summed E-state index contributed by atoms with van der Waals surface area (Å²) in [6.45, 7) is 3.39. The average molecular weight is 461 g/mol. The molecular formula is C28H32N2O4. The Labute approximate surface area is 200 Å². The number of carbonyl (C=O) groups excluding carboxylic acids is 1. The van der Waals surface area contributed by atoms with E-state index < -0.39 is 17.9 Å². The van der Waals surface area contributed by atoms with Crippen molar-refractivity contribution in [3.05, 3.63) is 77.9 Å². The van der Waals surface area contributed by atoms with Crippen molar-refractivity contribution in [2.75, 3.05) is 33.8 Å². The van der Waals surface area contributed by atoms with Gasteiger partial charge in [0, 0.05) is 32.1 Å². The normalized spacial score (nSPS) is 20.4. The number of fused-ring (bicyclic) bond motifs is 1. The van der Waals surface area contributed by atoms with Crippen LogP contribution in [0, 0.1) is 5.92 Å². The molecule has 4 rings (SSSR count). The number of methoxy groups -OCH3 is 1. The van der Waals surface area contributed by atoms with Gasteiger partial charge in [-0.15, -0.1) is 0 Å². The number of amides is 1. The van der Waals surface area contributed by atoms with E-state index in [1.807, 2.05) is 72.5 Å². The van der Waals surface area contributed by atoms with Gasteiger partial charge in [0.2, 0.25) is 5.91 Å². The van der Waals surface area contributed by atoms with Crippen LogP contribution in [0.3, 0.4) is 0 Å². The number of carboxylic acid groups (broad SMARTS) is 1. The number of hydrogen-bond donors (Lipinski definition) is 1. The van der Waals surface area contributed by atoms with Crippen molar-refractivity contribution in [3.63, 3.8) is 0 Å². The third-order valence-corrected chi connectivity index (χ3v) is 6.89. The fourth-order valence-corrected chi connectivity index (χ4v) is 5.24.